The zero-order valence-corrected chi connectivity index (χ0v) is 12.2. The number of rotatable bonds is 5. The molecule has 2 unspecified atom stereocenters. The van der Waals surface area contributed by atoms with Crippen molar-refractivity contribution in [1.29, 1.82) is 0 Å². The van der Waals surface area contributed by atoms with Crippen LogP contribution in [0.15, 0.2) is 23.1 Å². The van der Waals surface area contributed by atoms with Crippen LogP contribution in [-0.2, 0) is 0 Å². The molecule has 4 heteroatoms. The largest absolute Gasteiger partial charge is 0.393 e. The minimum atomic E-state index is -0.199. The molecule has 2 nitrogen and oxygen atoms in total. The van der Waals surface area contributed by atoms with Gasteiger partial charge in [0.05, 0.1) is 6.10 Å². The van der Waals surface area contributed by atoms with E-state index in [0.29, 0.717) is 6.04 Å². The fraction of sp³-hybridized carbons (Fsp3) is 0.571. The molecular formula is C14H20ClNOS. The molecule has 2 N–H and O–H groups in total. The zero-order valence-electron chi connectivity index (χ0n) is 10.7. The highest BCUT2D eigenvalue weighted by molar-refractivity contribution is 7.99. The summed E-state index contributed by atoms with van der Waals surface area (Å²) < 4.78 is 0. The quantitative estimate of drug-likeness (QED) is 0.811. The number of aliphatic hydroxyl groups is 1. The molecule has 1 heterocycles. The van der Waals surface area contributed by atoms with Gasteiger partial charge in [0.1, 0.15) is 0 Å². The van der Waals surface area contributed by atoms with E-state index in [1.54, 1.807) is 0 Å². The molecule has 0 bridgehead atoms. The van der Waals surface area contributed by atoms with Gasteiger partial charge in [-0.2, -0.15) is 0 Å². The Hall–Kier alpha value is -0.220. The van der Waals surface area contributed by atoms with Gasteiger partial charge in [-0.15, -0.1) is 11.8 Å². The van der Waals surface area contributed by atoms with Gasteiger partial charge in [0, 0.05) is 16.0 Å². The van der Waals surface area contributed by atoms with Crippen LogP contribution >= 0.6 is 23.4 Å². The third-order valence-corrected chi connectivity index (χ3v) is 4.56. The van der Waals surface area contributed by atoms with E-state index in [9.17, 15) is 5.11 Å². The number of fused-ring (bicyclic) bond motifs is 1. The average molecular weight is 286 g/mol. The Morgan fingerprint density at radius 1 is 1.56 bits per heavy atom. The molecule has 0 saturated carbocycles. The van der Waals surface area contributed by atoms with E-state index < -0.39 is 0 Å². The first-order chi connectivity index (χ1) is 8.66. The molecule has 18 heavy (non-hydrogen) atoms. The van der Waals surface area contributed by atoms with Gasteiger partial charge in [-0.05, 0) is 62.2 Å². The Morgan fingerprint density at radius 3 is 3.17 bits per heavy atom. The molecule has 0 spiro atoms. The van der Waals surface area contributed by atoms with Crippen LogP contribution in [0.3, 0.4) is 0 Å². The van der Waals surface area contributed by atoms with Gasteiger partial charge < -0.3 is 10.4 Å². The number of aliphatic hydroxyl groups excluding tert-OH is 1. The van der Waals surface area contributed by atoms with Crippen LogP contribution in [0.1, 0.15) is 37.8 Å². The van der Waals surface area contributed by atoms with Crippen LogP contribution < -0.4 is 5.32 Å². The van der Waals surface area contributed by atoms with Crippen molar-refractivity contribution in [3.63, 3.8) is 0 Å². The maximum absolute atomic E-state index is 9.23. The molecule has 0 aromatic heterocycles. The predicted octanol–water partition coefficient (Wildman–Crippen LogP) is 3.63. The van der Waals surface area contributed by atoms with Crippen LogP contribution in [0.5, 0.6) is 0 Å². The van der Waals surface area contributed by atoms with Crippen LogP contribution in [0.2, 0.25) is 5.02 Å². The third kappa shape index (κ3) is 3.89. The van der Waals surface area contributed by atoms with E-state index in [2.05, 4.69) is 17.4 Å². The van der Waals surface area contributed by atoms with E-state index >= 15 is 0 Å². The monoisotopic (exact) mass is 285 g/mol. The molecule has 2 atom stereocenters. The maximum atomic E-state index is 9.23. The average Bonchev–Trinajstić information content (AvgIpc) is 2.34. The third-order valence-electron chi connectivity index (χ3n) is 3.20. The standard InChI is InChI=1S/C14H20ClNOS/c1-10(17)3-2-7-16-13-6-8-18-14-5-4-11(15)9-12(13)14/h4-5,9-10,13,16-17H,2-3,6-8H2,1H3. The summed E-state index contributed by atoms with van der Waals surface area (Å²) in [6, 6.07) is 6.57. The number of benzene rings is 1. The second kappa shape index (κ2) is 6.80. The number of thioether (sulfide) groups is 1. The summed E-state index contributed by atoms with van der Waals surface area (Å²) >= 11 is 7.98. The van der Waals surface area contributed by atoms with Gasteiger partial charge in [0.15, 0.2) is 0 Å². The van der Waals surface area contributed by atoms with Gasteiger partial charge in [-0.3, -0.25) is 0 Å². The van der Waals surface area contributed by atoms with Gasteiger partial charge in [0.25, 0.3) is 0 Å². The Kier molecular flexibility index (Phi) is 5.37. The van der Waals surface area contributed by atoms with Crippen molar-refractivity contribution in [2.75, 3.05) is 12.3 Å². The van der Waals surface area contributed by atoms with Crippen LogP contribution in [0, 0.1) is 0 Å². The molecule has 0 saturated heterocycles. The Morgan fingerprint density at radius 2 is 2.39 bits per heavy atom. The fourth-order valence-electron chi connectivity index (χ4n) is 2.25. The summed E-state index contributed by atoms with van der Waals surface area (Å²) in [5, 5.41) is 13.6. The molecule has 1 aromatic carbocycles. The van der Waals surface area contributed by atoms with E-state index in [-0.39, 0.29) is 6.10 Å². The molecular weight excluding hydrogens is 266 g/mol. The Bertz CT molecular complexity index is 397. The zero-order chi connectivity index (χ0) is 13.0. The van der Waals surface area contributed by atoms with E-state index in [0.717, 1.165) is 36.6 Å². The number of hydrogen-bond acceptors (Lipinski definition) is 3. The van der Waals surface area contributed by atoms with Crippen molar-refractivity contribution in [3.8, 4) is 0 Å². The summed E-state index contributed by atoms with van der Waals surface area (Å²) in [5.41, 5.74) is 1.33. The molecule has 0 amide bonds. The molecule has 1 aliphatic rings. The number of hydrogen-bond donors (Lipinski definition) is 2. The van der Waals surface area contributed by atoms with Gasteiger partial charge in [-0.1, -0.05) is 11.6 Å². The molecule has 1 aromatic rings. The van der Waals surface area contributed by atoms with E-state index in [1.807, 2.05) is 24.8 Å². The first kappa shape index (κ1) is 14.2. The normalized spacial score (nSPS) is 20.5. The second-order valence-electron chi connectivity index (χ2n) is 4.82. The van der Waals surface area contributed by atoms with Crippen LogP contribution in [0.25, 0.3) is 0 Å². The molecule has 100 valence electrons. The van der Waals surface area contributed by atoms with Crippen molar-refractivity contribution in [1.82, 2.24) is 5.32 Å². The van der Waals surface area contributed by atoms with Gasteiger partial charge in [-0.25, -0.2) is 0 Å². The lowest BCUT2D eigenvalue weighted by Gasteiger charge is -2.26. The molecule has 1 aliphatic heterocycles. The molecule has 0 fully saturated rings. The topological polar surface area (TPSA) is 32.3 Å². The summed E-state index contributed by atoms with van der Waals surface area (Å²) in [4.78, 5) is 1.35. The Balaban J connectivity index is 1.93. The summed E-state index contributed by atoms with van der Waals surface area (Å²) in [6.07, 6.45) is 2.82. The minimum absolute atomic E-state index is 0.199. The SMILES string of the molecule is CC(O)CCCNC1CCSc2ccc(Cl)cc21. The van der Waals surface area contributed by atoms with Crippen molar-refractivity contribution in [2.24, 2.45) is 0 Å². The smallest absolute Gasteiger partial charge is 0.0512 e. The predicted molar refractivity (Wildman–Crippen MR) is 78.5 cm³/mol. The highest BCUT2D eigenvalue weighted by atomic mass is 35.5. The summed E-state index contributed by atoms with van der Waals surface area (Å²) in [6.45, 7) is 2.79. The Labute approximate surface area is 118 Å². The van der Waals surface area contributed by atoms with Crippen molar-refractivity contribution < 1.29 is 5.11 Å². The van der Waals surface area contributed by atoms with Crippen molar-refractivity contribution >= 4 is 23.4 Å². The van der Waals surface area contributed by atoms with Crippen molar-refractivity contribution in [2.45, 2.75) is 43.2 Å². The lowest BCUT2D eigenvalue weighted by Crippen LogP contribution is -2.26. The maximum Gasteiger partial charge on any atom is 0.0512 e. The van der Waals surface area contributed by atoms with Crippen molar-refractivity contribution in [3.05, 3.63) is 28.8 Å². The summed E-state index contributed by atoms with van der Waals surface area (Å²) in [5.74, 6) is 1.16. The van der Waals surface area contributed by atoms with E-state index in [4.69, 9.17) is 11.6 Å². The number of nitrogens with one attached hydrogen (secondary N) is 1. The molecule has 2 rings (SSSR count). The number of halogens is 1. The second-order valence-corrected chi connectivity index (χ2v) is 6.39. The fourth-order valence-corrected chi connectivity index (χ4v) is 3.54. The lowest BCUT2D eigenvalue weighted by molar-refractivity contribution is 0.181. The van der Waals surface area contributed by atoms with Gasteiger partial charge in [0.2, 0.25) is 0 Å². The first-order valence-corrected chi connectivity index (χ1v) is 7.87. The molecule has 0 aliphatic carbocycles. The summed E-state index contributed by atoms with van der Waals surface area (Å²) in [7, 11) is 0. The van der Waals surface area contributed by atoms with E-state index in [1.165, 1.54) is 10.5 Å². The van der Waals surface area contributed by atoms with Crippen LogP contribution in [0.4, 0.5) is 0 Å². The van der Waals surface area contributed by atoms with Gasteiger partial charge >= 0.3 is 0 Å². The molecule has 0 radical (unpaired) electrons. The lowest BCUT2D eigenvalue weighted by atomic mass is 10.0. The minimum Gasteiger partial charge on any atom is -0.393 e. The first-order valence-electron chi connectivity index (χ1n) is 6.50. The highest BCUT2D eigenvalue weighted by Crippen LogP contribution is 2.37. The highest BCUT2D eigenvalue weighted by Gasteiger charge is 2.20. The van der Waals surface area contributed by atoms with Crippen LogP contribution in [-0.4, -0.2) is 23.5 Å².